The molecule has 0 bridgehead atoms. The first-order valence-corrected chi connectivity index (χ1v) is 10.3. The van der Waals surface area contributed by atoms with Crippen molar-refractivity contribution in [3.8, 4) is 11.1 Å². The van der Waals surface area contributed by atoms with Gasteiger partial charge in [0, 0.05) is 44.0 Å². The summed E-state index contributed by atoms with van der Waals surface area (Å²) in [6, 6.07) is 13.4. The summed E-state index contributed by atoms with van der Waals surface area (Å²) in [6.07, 6.45) is 4.76. The molecule has 6 nitrogen and oxygen atoms in total. The van der Waals surface area contributed by atoms with Crippen LogP contribution in [0, 0.1) is 5.82 Å². The number of rotatable bonds is 5. The molecule has 158 valence electrons. The van der Waals surface area contributed by atoms with Gasteiger partial charge in [0.25, 0.3) is 5.91 Å². The Morgan fingerprint density at radius 2 is 1.87 bits per heavy atom. The fourth-order valence-electron chi connectivity index (χ4n) is 3.89. The molecule has 2 amide bonds. The molecule has 1 aliphatic rings. The van der Waals surface area contributed by atoms with Crippen molar-refractivity contribution in [1.82, 2.24) is 19.8 Å². The first-order chi connectivity index (χ1) is 15.1. The van der Waals surface area contributed by atoms with E-state index < -0.39 is 6.04 Å². The summed E-state index contributed by atoms with van der Waals surface area (Å²) >= 11 is 0. The van der Waals surface area contributed by atoms with Crippen molar-refractivity contribution in [3.05, 3.63) is 84.2 Å². The van der Waals surface area contributed by atoms with Gasteiger partial charge in [-0.2, -0.15) is 0 Å². The molecule has 1 atom stereocenters. The van der Waals surface area contributed by atoms with Crippen LogP contribution in [0.2, 0.25) is 0 Å². The zero-order valence-electron chi connectivity index (χ0n) is 17.2. The molecule has 0 spiro atoms. The Balaban J connectivity index is 1.59. The number of halogens is 1. The van der Waals surface area contributed by atoms with Crippen LogP contribution in [-0.4, -0.2) is 57.3 Å². The maximum absolute atomic E-state index is 14.1. The van der Waals surface area contributed by atoms with E-state index in [1.807, 2.05) is 31.2 Å². The second kappa shape index (κ2) is 9.04. The van der Waals surface area contributed by atoms with Gasteiger partial charge in [0.05, 0.1) is 6.20 Å². The van der Waals surface area contributed by atoms with Crippen LogP contribution in [0.5, 0.6) is 0 Å². The SMILES string of the molecule is CCN1CCN(C(=O)c2cnccn2)[C@@H](Cc2ccc(-c3ccccc3F)cc2)C1=O. The number of carbonyl (C=O) groups excluding carboxylic acids is 2. The van der Waals surface area contributed by atoms with E-state index in [1.165, 1.54) is 24.7 Å². The number of carbonyl (C=O) groups is 2. The van der Waals surface area contributed by atoms with Crippen molar-refractivity contribution in [2.75, 3.05) is 19.6 Å². The van der Waals surface area contributed by atoms with E-state index in [2.05, 4.69) is 9.97 Å². The Hall–Kier alpha value is -3.61. The molecule has 3 aromatic rings. The molecule has 0 unspecified atom stereocenters. The molecule has 1 fully saturated rings. The van der Waals surface area contributed by atoms with E-state index in [4.69, 9.17) is 0 Å². The van der Waals surface area contributed by atoms with E-state index in [0.29, 0.717) is 31.6 Å². The third-order valence-corrected chi connectivity index (χ3v) is 5.58. The zero-order chi connectivity index (χ0) is 21.8. The molecule has 1 saturated heterocycles. The van der Waals surface area contributed by atoms with Crippen LogP contribution >= 0.6 is 0 Å². The first kappa shape index (κ1) is 20.7. The summed E-state index contributed by atoms with van der Waals surface area (Å²) in [5.41, 5.74) is 2.41. The number of nitrogens with zero attached hydrogens (tertiary/aromatic N) is 4. The third-order valence-electron chi connectivity index (χ3n) is 5.58. The van der Waals surface area contributed by atoms with Gasteiger partial charge in [-0.3, -0.25) is 14.6 Å². The molecule has 0 aliphatic carbocycles. The van der Waals surface area contributed by atoms with Crippen LogP contribution in [0.25, 0.3) is 11.1 Å². The molecule has 2 aromatic carbocycles. The fraction of sp³-hybridized carbons (Fsp3) is 0.250. The minimum absolute atomic E-state index is 0.0795. The standard InChI is InChI=1S/C24H23FN4O2/c1-2-28-13-14-29(23(30)21-16-26-11-12-27-21)22(24(28)31)15-17-7-9-18(10-8-17)19-5-3-4-6-20(19)25/h3-12,16,22H,2,13-15H2,1H3/t22-/m0/s1. The summed E-state index contributed by atoms with van der Waals surface area (Å²) in [5.74, 6) is -0.661. The van der Waals surface area contributed by atoms with Crippen LogP contribution in [0.1, 0.15) is 23.0 Å². The lowest BCUT2D eigenvalue weighted by atomic mass is 9.97. The van der Waals surface area contributed by atoms with Crippen molar-refractivity contribution in [3.63, 3.8) is 0 Å². The molecular formula is C24H23FN4O2. The zero-order valence-corrected chi connectivity index (χ0v) is 17.2. The Labute approximate surface area is 180 Å². The molecule has 7 heteroatoms. The van der Waals surface area contributed by atoms with Crippen LogP contribution in [0.15, 0.2) is 67.1 Å². The van der Waals surface area contributed by atoms with Crippen LogP contribution in [0.3, 0.4) is 0 Å². The van der Waals surface area contributed by atoms with Crippen LogP contribution < -0.4 is 0 Å². The topological polar surface area (TPSA) is 66.4 Å². The lowest BCUT2D eigenvalue weighted by Crippen LogP contribution is -2.59. The number of piperazine rings is 1. The Morgan fingerprint density at radius 3 is 2.55 bits per heavy atom. The highest BCUT2D eigenvalue weighted by atomic mass is 19.1. The highest BCUT2D eigenvalue weighted by molar-refractivity contribution is 5.96. The average molecular weight is 418 g/mol. The number of likely N-dealkylation sites (N-methyl/N-ethyl adjacent to an activating group) is 1. The number of aromatic nitrogens is 2. The average Bonchev–Trinajstić information content (AvgIpc) is 2.81. The number of hydrogen-bond donors (Lipinski definition) is 0. The summed E-state index contributed by atoms with van der Waals surface area (Å²) in [5, 5.41) is 0. The highest BCUT2D eigenvalue weighted by Crippen LogP contribution is 2.24. The van der Waals surface area contributed by atoms with Crippen molar-refractivity contribution in [1.29, 1.82) is 0 Å². The highest BCUT2D eigenvalue weighted by Gasteiger charge is 2.37. The minimum Gasteiger partial charge on any atom is -0.339 e. The molecule has 0 N–H and O–H groups in total. The fourth-order valence-corrected chi connectivity index (χ4v) is 3.89. The van der Waals surface area contributed by atoms with E-state index >= 15 is 0 Å². The largest absolute Gasteiger partial charge is 0.339 e. The van der Waals surface area contributed by atoms with Crippen molar-refractivity contribution in [2.24, 2.45) is 0 Å². The maximum Gasteiger partial charge on any atom is 0.274 e. The second-order valence-corrected chi connectivity index (χ2v) is 7.40. The predicted molar refractivity (Wildman–Crippen MR) is 115 cm³/mol. The van der Waals surface area contributed by atoms with Gasteiger partial charge in [0.2, 0.25) is 5.91 Å². The summed E-state index contributed by atoms with van der Waals surface area (Å²) in [7, 11) is 0. The van der Waals surface area contributed by atoms with E-state index in [-0.39, 0.29) is 23.3 Å². The maximum atomic E-state index is 14.1. The molecule has 2 heterocycles. The van der Waals surface area contributed by atoms with Gasteiger partial charge < -0.3 is 9.80 Å². The van der Waals surface area contributed by atoms with Gasteiger partial charge in [0.1, 0.15) is 17.6 Å². The lowest BCUT2D eigenvalue weighted by molar-refractivity contribution is -0.139. The number of amides is 2. The number of hydrogen-bond acceptors (Lipinski definition) is 4. The summed E-state index contributed by atoms with van der Waals surface area (Å²) in [4.78, 5) is 37.5. The van der Waals surface area contributed by atoms with Crippen LogP contribution in [0.4, 0.5) is 4.39 Å². The van der Waals surface area contributed by atoms with Crippen molar-refractivity contribution in [2.45, 2.75) is 19.4 Å². The van der Waals surface area contributed by atoms with E-state index in [9.17, 15) is 14.0 Å². The smallest absolute Gasteiger partial charge is 0.274 e. The molecule has 31 heavy (non-hydrogen) atoms. The summed E-state index contributed by atoms with van der Waals surface area (Å²) in [6.45, 7) is 3.45. The van der Waals surface area contributed by atoms with Gasteiger partial charge in [-0.15, -0.1) is 0 Å². The van der Waals surface area contributed by atoms with Gasteiger partial charge in [0.15, 0.2) is 0 Å². The normalized spacial score (nSPS) is 16.5. The Kier molecular flexibility index (Phi) is 6.02. The predicted octanol–water partition coefficient (Wildman–Crippen LogP) is 3.20. The quantitative estimate of drug-likeness (QED) is 0.638. The summed E-state index contributed by atoms with van der Waals surface area (Å²) < 4.78 is 14.1. The Bertz CT molecular complexity index is 1070. The van der Waals surface area contributed by atoms with Gasteiger partial charge in [-0.05, 0) is 24.1 Å². The third kappa shape index (κ3) is 4.30. The van der Waals surface area contributed by atoms with Crippen molar-refractivity contribution >= 4 is 11.8 Å². The molecule has 1 aliphatic heterocycles. The molecular weight excluding hydrogens is 395 g/mol. The minimum atomic E-state index is -0.623. The molecule has 4 rings (SSSR count). The molecule has 1 aromatic heterocycles. The van der Waals surface area contributed by atoms with Gasteiger partial charge in [-0.25, -0.2) is 9.37 Å². The van der Waals surface area contributed by atoms with E-state index in [0.717, 1.165) is 11.1 Å². The van der Waals surface area contributed by atoms with Crippen molar-refractivity contribution < 1.29 is 14.0 Å². The first-order valence-electron chi connectivity index (χ1n) is 10.3. The molecule has 0 saturated carbocycles. The Morgan fingerprint density at radius 1 is 1.10 bits per heavy atom. The van der Waals surface area contributed by atoms with Crippen LogP contribution in [-0.2, 0) is 11.2 Å². The lowest BCUT2D eigenvalue weighted by Gasteiger charge is -2.40. The monoisotopic (exact) mass is 418 g/mol. The van der Waals surface area contributed by atoms with Gasteiger partial charge >= 0.3 is 0 Å². The molecule has 0 radical (unpaired) electrons. The second-order valence-electron chi connectivity index (χ2n) is 7.40. The van der Waals surface area contributed by atoms with Gasteiger partial charge in [-0.1, -0.05) is 42.5 Å². The van der Waals surface area contributed by atoms with E-state index in [1.54, 1.807) is 28.0 Å². The number of benzene rings is 2.